The molecule has 0 aliphatic carbocycles. The molecule has 1 amide bonds. The number of nitrogens with zero attached hydrogens (tertiary/aromatic N) is 2. The zero-order valence-corrected chi connectivity index (χ0v) is 11.4. The Balaban J connectivity index is 2.79. The summed E-state index contributed by atoms with van der Waals surface area (Å²) < 4.78 is 4.82. The van der Waals surface area contributed by atoms with Crippen LogP contribution in [0, 0.1) is 6.92 Å². The molecule has 4 N–H and O–H groups in total. The van der Waals surface area contributed by atoms with Gasteiger partial charge in [-0.15, -0.1) is 0 Å². The fourth-order valence-corrected chi connectivity index (χ4v) is 1.73. The van der Waals surface area contributed by atoms with Crippen molar-refractivity contribution in [3.63, 3.8) is 0 Å². The maximum absolute atomic E-state index is 12.2. The maximum atomic E-state index is 12.2. The average molecular weight is 268 g/mol. The summed E-state index contributed by atoms with van der Waals surface area (Å²) in [6.45, 7) is 2.15. The third kappa shape index (κ3) is 4.47. The van der Waals surface area contributed by atoms with Crippen molar-refractivity contribution in [1.82, 2.24) is 9.88 Å². The number of nitrogen functional groups attached to an aromatic ring is 1. The van der Waals surface area contributed by atoms with Crippen molar-refractivity contribution in [1.29, 1.82) is 0 Å². The van der Waals surface area contributed by atoms with E-state index in [-0.39, 0.29) is 19.1 Å². The molecule has 0 bridgehead atoms. The number of anilines is 1. The molecule has 0 saturated heterocycles. The van der Waals surface area contributed by atoms with E-state index >= 15 is 0 Å². The lowest BCUT2D eigenvalue weighted by atomic mass is 10.2. The number of aryl methyl sites for hydroxylation is 1. The number of ether oxygens (including phenoxy) is 1. The summed E-state index contributed by atoms with van der Waals surface area (Å²) in [7, 11) is 3.11. The highest BCUT2D eigenvalue weighted by Gasteiger charge is 2.16. The Morgan fingerprint density at radius 1 is 1.63 bits per heavy atom. The van der Waals surface area contributed by atoms with Crippen LogP contribution in [0.2, 0.25) is 0 Å². The van der Waals surface area contributed by atoms with Crippen molar-refractivity contribution in [3.8, 4) is 0 Å². The van der Waals surface area contributed by atoms with E-state index in [0.29, 0.717) is 17.1 Å². The minimum atomic E-state index is -0.714. The summed E-state index contributed by atoms with van der Waals surface area (Å²) in [5.41, 5.74) is 3.56. The molecule has 1 rings (SSSR count). The van der Waals surface area contributed by atoms with E-state index in [2.05, 4.69) is 10.4 Å². The number of hydrazine groups is 1. The fraction of sp³-hybridized carbons (Fsp3) is 0.500. The molecule has 0 saturated carbocycles. The summed E-state index contributed by atoms with van der Waals surface area (Å²) in [5.74, 6) is 5.50. The molecule has 0 radical (unpaired) electrons. The largest absolute Gasteiger partial charge is 0.389 e. The fourth-order valence-electron chi connectivity index (χ4n) is 1.73. The Hall–Kier alpha value is -1.70. The number of amides is 1. The lowest BCUT2D eigenvalue weighted by molar-refractivity contribution is 0.0380. The first-order chi connectivity index (χ1) is 8.97. The van der Waals surface area contributed by atoms with Gasteiger partial charge in [-0.2, -0.15) is 0 Å². The van der Waals surface area contributed by atoms with Gasteiger partial charge in [0.05, 0.1) is 12.7 Å². The predicted octanol–water partition coefficient (Wildman–Crippen LogP) is -0.245. The van der Waals surface area contributed by atoms with Gasteiger partial charge in [0, 0.05) is 32.0 Å². The highest BCUT2D eigenvalue weighted by Crippen LogP contribution is 2.11. The number of carbonyl (C=O) groups is 1. The molecule has 0 aliphatic heterocycles. The molecule has 0 aromatic carbocycles. The zero-order valence-electron chi connectivity index (χ0n) is 11.4. The van der Waals surface area contributed by atoms with E-state index in [9.17, 15) is 9.90 Å². The number of likely N-dealkylation sites (N-methyl/N-ethyl adjacent to an activating group) is 1. The zero-order chi connectivity index (χ0) is 14.4. The molecule has 0 fully saturated rings. The van der Waals surface area contributed by atoms with Gasteiger partial charge in [0.1, 0.15) is 5.82 Å². The van der Waals surface area contributed by atoms with Gasteiger partial charge >= 0.3 is 0 Å². The van der Waals surface area contributed by atoms with Gasteiger partial charge in [-0.05, 0) is 19.1 Å². The first kappa shape index (κ1) is 15.4. The highest BCUT2D eigenvalue weighted by molar-refractivity contribution is 5.94. The minimum Gasteiger partial charge on any atom is -0.389 e. The van der Waals surface area contributed by atoms with Crippen LogP contribution in [-0.2, 0) is 4.74 Å². The van der Waals surface area contributed by atoms with E-state index in [0.717, 1.165) is 0 Å². The standard InChI is InChI=1S/C12H20N4O3/c1-8-4-9(5-11(14-8)15-13)12(18)16(2)6-10(17)7-19-3/h4-5,10,17H,6-7,13H2,1-3H3,(H,14,15). The summed E-state index contributed by atoms with van der Waals surface area (Å²) in [5, 5.41) is 9.61. The van der Waals surface area contributed by atoms with Crippen LogP contribution in [0.5, 0.6) is 0 Å². The molecule has 1 aromatic heterocycles. The van der Waals surface area contributed by atoms with Gasteiger partial charge in [-0.1, -0.05) is 0 Å². The lowest BCUT2D eigenvalue weighted by Crippen LogP contribution is -2.36. The molecule has 1 unspecified atom stereocenters. The number of hydrogen-bond acceptors (Lipinski definition) is 6. The lowest BCUT2D eigenvalue weighted by Gasteiger charge is -2.20. The van der Waals surface area contributed by atoms with Crippen molar-refractivity contribution in [2.45, 2.75) is 13.0 Å². The number of carbonyl (C=O) groups excluding carboxylic acids is 1. The highest BCUT2D eigenvalue weighted by atomic mass is 16.5. The smallest absolute Gasteiger partial charge is 0.253 e. The van der Waals surface area contributed by atoms with Crippen molar-refractivity contribution in [3.05, 3.63) is 23.4 Å². The van der Waals surface area contributed by atoms with Crippen LogP contribution in [0.15, 0.2) is 12.1 Å². The van der Waals surface area contributed by atoms with E-state index in [1.807, 2.05) is 0 Å². The summed E-state index contributed by atoms with van der Waals surface area (Å²) in [6, 6.07) is 3.23. The third-order valence-corrected chi connectivity index (χ3v) is 2.54. The molecule has 19 heavy (non-hydrogen) atoms. The number of aliphatic hydroxyl groups excluding tert-OH is 1. The SMILES string of the molecule is COCC(O)CN(C)C(=O)c1cc(C)nc(NN)c1. The number of nitrogens with one attached hydrogen (secondary N) is 1. The Morgan fingerprint density at radius 2 is 2.32 bits per heavy atom. The number of aliphatic hydroxyl groups is 1. The van der Waals surface area contributed by atoms with Crippen LogP contribution in [0.4, 0.5) is 5.82 Å². The number of methoxy groups -OCH3 is 1. The van der Waals surface area contributed by atoms with Crippen molar-refractivity contribution >= 4 is 11.7 Å². The van der Waals surface area contributed by atoms with Crippen molar-refractivity contribution in [2.75, 3.05) is 32.7 Å². The summed E-state index contributed by atoms with van der Waals surface area (Å²) in [6.07, 6.45) is -0.714. The second kappa shape index (κ2) is 7.03. The van der Waals surface area contributed by atoms with Gasteiger partial charge in [-0.3, -0.25) is 4.79 Å². The number of hydrogen-bond donors (Lipinski definition) is 3. The van der Waals surface area contributed by atoms with Crippen LogP contribution in [0.3, 0.4) is 0 Å². The first-order valence-electron chi connectivity index (χ1n) is 5.85. The number of nitrogens with two attached hydrogens (primary N) is 1. The molecule has 7 nitrogen and oxygen atoms in total. The van der Waals surface area contributed by atoms with E-state index in [1.165, 1.54) is 12.0 Å². The van der Waals surface area contributed by atoms with E-state index in [1.54, 1.807) is 26.1 Å². The molecule has 0 aliphatic rings. The quantitative estimate of drug-likeness (QED) is 0.486. The van der Waals surface area contributed by atoms with Crippen molar-refractivity contribution < 1.29 is 14.6 Å². The normalized spacial score (nSPS) is 12.1. The number of rotatable bonds is 6. The molecule has 106 valence electrons. The van der Waals surface area contributed by atoms with E-state index in [4.69, 9.17) is 10.6 Å². The van der Waals surface area contributed by atoms with Crippen LogP contribution >= 0.6 is 0 Å². The topological polar surface area (TPSA) is 101 Å². The summed E-state index contributed by atoms with van der Waals surface area (Å²) >= 11 is 0. The molecule has 1 atom stereocenters. The summed E-state index contributed by atoms with van der Waals surface area (Å²) in [4.78, 5) is 17.7. The van der Waals surface area contributed by atoms with E-state index < -0.39 is 6.10 Å². The van der Waals surface area contributed by atoms with Crippen LogP contribution < -0.4 is 11.3 Å². The first-order valence-corrected chi connectivity index (χ1v) is 5.85. The Labute approximate surface area is 112 Å². The van der Waals surface area contributed by atoms with Crippen LogP contribution in [0.1, 0.15) is 16.1 Å². The molecule has 1 heterocycles. The molecule has 1 aromatic rings. The van der Waals surface area contributed by atoms with Gasteiger partial charge in [0.15, 0.2) is 0 Å². The number of aromatic nitrogens is 1. The predicted molar refractivity (Wildman–Crippen MR) is 71.6 cm³/mol. The van der Waals surface area contributed by atoms with Gasteiger partial charge in [0.2, 0.25) is 0 Å². The molecular weight excluding hydrogens is 248 g/mol. The van der Waals surface area contributed by atoms with Gasteiger partial charge < -0.3 is 20.2 Å². The Kier molecular flexibility index (Phi) is 5.68. The molecule has 0 spiro atoms. The van der Waals surface area contributed by atoms with Crippen LogP contribution in [0.25, 0.3) is 0 Å². The molecule has 7 heteroatoms. The third-order valence-electron chi connectivity index (χ3n) is 2.54. The Bertz CT molecular complexity index is 439. The second-order valence-corrected chi connectivity index (χ2v) is 4.32. The Morgan fingerprint density at radius 3 is 2.89 bits per heavy atom. The van der Waals surface area contributed by atoms with Gasteiger partial charge in [0.25, 0.3) is 5.91 Å². The minimum absolute atomic E-state index is 0.183. The second-order valence-electron chi connectivity index (χ2n) is 4.32. The van der Waals surface area contributed by atoms with Crippen LogP contribution in [-0.4, -0.2) is 54.3 Å². The number of pyridine rings is 1. The molecular formula is C12H20N4O3. The van der Waals surface area contributed by atoms with Crippen molar-refractivity contribution in [2.24, 2.45) is 5.84 Å². The maximum Gasteiger partial charge on any atom is 0.253 e. The van der Waals surface area contributed by atoms with Gasteiger partial charge in [-0.25, -0.2) is 10.8 Å². The average Bonchev–Trinajstić information content (AvgIpc) is 2.37. The monoisotopic (exact) mass is 268 g/mol.